The Hall–Kier alpha value is -2.07. The van der Waals surface area contributed by atoms with Crippen molar-refractivity contribution >= 4 is 0 Å². The minimum absolute atomic E-state index is 0.180. The lowest BCUT2D eigenvalue weighted by Gasteiger charge is -2.02. The molecule has 0 aliphatic heterocycles. The number of nitrogens with zero attached hydrogens (tertiary/aromatic N) is 3. The molecule has 0 amide bonds. The summed E-state index contributed by atoms with van der Waals surface area (Å²) in [6, 6.07) is 1.87. The van der Waals surface area contributed by atoms with Crippen LogP contribution in [0.1, 0.15) is 12.1 Å². The van der Waals surface area contributed by atoms with E-state index >= 15 is 0 Å². The molecule has 0 N–H and O–H groups in total. The average molecular weight is 173 g/mol. The van der Waals surface area contributed by atoms with Crippen LogP contribution in [0.5, 0.6) is 5.88 Å². The number of hydrogen-bond donors (Lipinski definition) is 0. The number of nitriles is 1. The fourth-order valence-electron chi connectivity index (χ4n) is 0.714. The number of terminal acetylenes is 1. The van der Waals surface area contributed by atoms with Gasteiger partial charge in [-0.1, -0.05) is 0 Å². The molecule has 0 aliphatic carbocycles. The third-order valence-corrected chi connectivity index (χ3v) is 1.26. The first-order valence-corrected chi connectivity index (χ1v) is 3.66. The van der Waals surface area contributed by atoms with Crippen LogP contribution in [-0.2, 0) is 0 Å². The summed E-state index contributed by atoms with van der Waals surface area (Å²) < 4.78 is 5.13. The Morgan fingerprint density at radius 3 is 2.92 bits per heavy atom. The zero-order valence-corrected chi connectivity index (χ0v) is 6.90. The van der Waals surface area contributed by atoms with Gasteiger partial charge in [0.05, 0.1) is 0 Å². The lowest BCUT2D eigenvalue weighted by atomic mass is 10.4. The van der Waals surface area contributed by atoms with Gasteiger partial charge < -0.3 is 4.74 Å². The summed E-state index contributed by atoms with van der Waals surface area (Å²) in [5.41, 5.74) is 0.180. The lowest BCUT2D eigenvalue weighted by molar-refractivity contribution is 0.312. The van der Waals surface area contributed by atoms with Gasteiger partial charge in [-0.2, -0.15) is 5.26 Å². The summed E-state index contributed by atoms with van der Waals surface area (Å²) in [6.07, 6.45) is 8.42. The molecule has 4 heteroatoms. The molecule has 1 aromatic heterocycles. The van der Waals surface area contributed by atoms with Gasteiger partial charge >= 0.3 is 0 Å². The third-order valence-electron chi connectivity index (χ3n) is 1.26. The summed E-state index contributed by atoms with van der Waals surface area (Å²) in [4.78, 5) is 7.62. The Morgan fingerprint density at radius 1 is 1.46 bits per heavy atom. The summed E-state index contributed by atoms with van der Waals surface area (Å²) in [5.74, 6) is 2.66. The first kappa shape index (κ1) is 9.02. The molecule has 0 aliphatic rings. The normalized spacial score (nSPS) is 8.46. The van der Waals surface area contributed by atoms with Crippen molar-refractivity contribution < 1.29 is 4.74 Å². The summed E-state index contributed by atoms with van der Waals surface area (Å²) >= 11 is 0. The topological polar surface area (TPSA) is 58.8 Å². The lowest BCUT2D eigenvalue weighted by Crippen LogP contribution is -2.01. The van der Waals surface area contributed by atoms with Crippen molar-refractivity contribution in [2.75, 3.05) is 6.61 Å². The number of ether oxygens (including phenoxy) is 1. The van der Waals surface area contributed by atoms with E-state index in [-0.39, 0.29) is 11.6 Å². The molecule has 1 aromatic rings. The van der Waals surface area contributed by atoms with Crippen LogP contribution < -0.4 is 4.74 Å². The molecule has 0 atom stereocenters. The van der Waals surface area contributed by atoms with Gasteiger partial charge in [0, 0.05) is 18.8 Å². The number of rotatable bonds is 3. The molecule has 0 aromatic carbocycles. The standard InChI is InChI=1S/C9H7N3O/c1-2-3-6-13-9-8(7-10)11-4-5-12-9/h1,4-5H,3,6H2. The molecule has 0 saturated carbocycles. The molecule has 0 bridgehead atoms. The van der Waals surface area contributed by atoms with E-state index in [1.807, 2.05) is 6.07 Å². The predicted octanol–water partition coefficient (Wildman–Crippen LogP) is 0.750. The molecule has 0 spiro atoms. The van der Waals surface area contributed by atoms with Crippen LogP contribution in [0.15, 0.2) is 12.4 Å². The molecule has 1 rings (SSSR count). The Bertz CT molecular complexity index is 362. The van der Waals surface area contributed by atoms with Crippen molar-refractivity contribution in [3.63, 3.8) is 0 Å². The monoisotopic (exact) mass is 173 g/mol. The van der Waals surface area contributed by atoms with Crippen molar-refractivity contribution in [1.29, 1.82) is 5.26 Å². The molecule has 0 fully saturated rings. The quantitative estimate of drug-likeness (QED) is 0.500. The van der Waals surface area contributed by atoms with Crippen LogP contribution in [-0.4, -0.2) is 16.6 Å². The van der Waals surface area contributed by atoms with E-state index in [4.69, 9.17) is 16.4 Å². The minimum atomic E-state index is 0.180. The summed E-state index contributed by atoms with van der Waals surface area (Å²) in [7, 11) is 0. The van der Waals surface area contributed by atoms with Crippen molar-refractivity contribution in [2.24, 2.45) is 0 Å². The van der Waals surface area contributed by atoms with E-state index in [0.29, 0.717) is 13.0 Å². The highest BCUT2D eigenvalue weighted by Gasteiger charge is 2.03. The number of hydrogen-bond acceptors (Lipinski definition) is 4. The van der Waals surface area contributed by atoms with Crippen LogP contribution in [0.2, 0.25) is 0 Å². The zero-order chi connectivity index (χ0) is 9.52. The molecule has 0 radical (unpaired) electrons. The maximum absolute atomic E-state index is 8.60. The molecule has 0 saturated heterocycles. The second-order valence-electron chi connectivity index (χ2n) is 2.12. The molecule has 13 heavy (non-hydrogen) atoms. The van der Waals surface area contributed by atoms with E-state index in [2.05, 4.69) is 15.9 Å². The van der Waals surface area contributed by atoms with Gasteiger partial charge in [-0.25, -0.2) is 9.97 Å². The van der Waals surface area contributed by atoms with Crippen LogP contribution in [0, 0.1) is 23.7 Å². The first-order chi connectivity index (χ1) is 6.38. The average Bonchev–Trinajstić information content (AvgIpc) is 2.19. The van der Waals surface area contributed by atoms with Crippen molar-refractivity contribution in [2.45, 2.75) is 6.42 Å². The van der Waals surface area contributed by atoms with Crippen molar-refractivity contribution in [3.8, 4) is 24.3 Å². The van der Waals surface area contributed by atoms with Gasteiger partial charge in [-0.15, -0.1) is 12.3 Å². The minimum Gasteiger partial charge on any atom is -0.475 e. The van der Waals surface area contributed by atoms with Gasteiger partial charge in [-0.3, -0.25) is 0 Å². The molecular formula is C9H7N3O. The molecule has 4 nitrogen and oxygen atoms in total. The predicted molar refractivity (Wildman–Crippen MR) is 45.7 cm³/mol. The molecule has 0 unspecified atom stereocenters. The Morgan fingerprint density at radius 2 is 2.23 bits per heavy atom. The second kappa shape index (κ2) is 4.74. The van der Waals surface area contributed by atoms with Crippen LogP contribution in [0.25, 0.3) is 0 Å². The highest BCUT2D eigenvalue weighted by Crippen LogP contribution is 2.09. The molecule has 64 valence electrons. The third kappa shape index (κ3) is 2.46. The summed E-state index contributed by atoms with van der Waals surface area (Å²) in [5, 5.41) is 8.60. The van der Waals surface area contributed by atoms with Crippen LogP contribution in [0.4, 0.5) is 0 Å². The first-order valence-electron chi connectivity index (χ1n) is 3.66. The van der Waals surface area contributed by atoms with Crippen LogP contribution in [0.3, 0.4) is 0 Å². The van der Waals surface area contributed by atoms with E-state index in [1.54, 1.807) is 0 Å². The maximum Gasteiger partial charge on any atom is 0.251 e. The maximum atomic E-state index is 8.60. The Labute approximate surface area is 76.2 Å². The van der Waals surface area contributed by atoms with Gasteiger partial charge in [0.1, 0.15) is 12.7 Å². The fourth-order valence-corrected chi connectivity index (χ4v) is 0.714. The molecular weight excluding hydrogens is 166 g/mol. The van der Waals surface area contributed by atoms with Gasteiger partial charge in [0.2, 0.25) is 5.69 Å². The SMILES string of the molecule is C#CCCOc1nccnc1C#N. The number of aromatic nitrogens is 2. The van der Waals surface area contributed by atoms with E-state index < -0.39 is 0 Å². The molecule has 1 heterocycles. The smallest absolute Gasteiger partial charge is 0.251 e. The highest BCUT2D eigenvalue weighted by molar-refractivity contribution is 5.29. The van der Waals surface area contributed by atoms with Gasteiger partial charge in [-0.05, 0) is 0 Å². The van der Waals surface area contributed by atoms with E-state index in [0.717, 1.165) is 0 Å². The Balaban J connectivity index is 2.67. The fraction of sp³-hybridized carbons (Fsp3) is 0.222. The highest BCUT2D eigenvalue weighted by atomic mass is 16.5. The van der Waals surface area contributed by atoms with E-state index in [9.17, 15) is 0 Å². The van der Waals surface area contributed by atoms with Crippen LogP contribution >= 0.6 is 0 Å². The Kier molecular flexibility index (Phi) is 3.29. The van der Waals surface area contributed by atoms with E-state index in [1.165, 1.54) is 12.4 Å². The second-order valence-corrected chi connectivity index (χ2v) is 2.12. The van der Waals surface area contributed by atoms with Crippen molar-refractivity contribution in [3.05, 3.63) is 18.1 Å². The van der Waals surface area contributed by atoms with Gasteiger partial charge in [0.25, 0.3) is 5.88 Å². The summed E-state index contributed by atoms with van der Waals surface area (Å²) in [6.45, 7) is 0.351. The van der Waals surface area contributed by atoms with Gasteiger partial charge in [0.15, 0.2) is 0 Å². The largest absolute Gasteiger partial charge is 0.475 e. The van der Waals surface area contributed by atoms with Crippen molar-refractivity contribution in [1.82, 2.24) is 9.97 Å². The zero-order valence-electron chi connectivity index (χ0n) is 6.90.